The standard InChI is InChI=1S/C14H20N2.C11H11N.C9H11F/c1-12(14-9-6-10-16(14)2)15-11-13-7-4-3-5-8-13;1-2-5-10-8-9-6-3-4-7-11(9)12-10;1-2-5-8-6-3-4-7-9(8)10/h3-5,7-8,14-15H,1,6,9-11H2,2H3;2-4,6-8,12H,1,5H2;3-4,6-7H,2,5H2,1H3. The molecule has 0 saturated carbocycles. The van der Waals surface area contributed by atoms with Crippen molar-refractivity contribution in [2.75, 3.05) is 13.6 Å². The van der Waals surface area contributed by atoms with Crippen LogP contribution >= 0.6 is 0 Å². The number of aromatic nitrogens is 1. The second-order valence-electron chi connectivity index (χ2n) is 9.72. The predicted octanol–water partition coefficient (Wildman–Crippen LogP) is 8.06. The summed E-state index contributed by atoms with van der Waals surface area (Å²) in [6.07, 6.45) is 7.18. The molecule has 1 saturated heterocycles. The first-order valence-electron chi connectivity index (χ1n) is 13.6. The molecule has 3 aromatic carbocycles. The van der Waals surface area contributed by atoms with Crippen molar-refractivity contribution >= 4 is 10.9 Å². The van der Waals surface area contributed by atoms with Gasteiger partial charge >= 0.3 is 0 Å². The van der Waals surface area contributed by atoms with Crippen LogP contribution in [0.2, 0.25) is 0 Å². The van der Waals surface area contributed by atoms with E-state index >= 15 is 0 Å². The van der Waals surface area contributed by atoms with E-state index < -0.39 is 0 Å². The number of rotatable bonds is 8. The molecule has 4 aromatic rings. The Hall–Kier alpha value is -3.63. The van der Waals surface area contributed by atoms with E-state index in [0.29, 0.717) is 6.04 Å². The number of likely N-dealkylation sites (N-methyl/N-ethyl adjacent to an activating group) is 1. The molecule has 1 aliphatic heterocycles. The fraction of sp³-hybridized carbons (Fsp3) is 0.294. The smallest absolute Gasteiger partial charge is 0.126 e. The summed E-state index contributed by atoms with van der Waals surface area (Å²) < 4.78 is 12.8. The third kappa shape index (κ3) is 9.04. The predicted molar refractivity (Wildman–Crippen MR) is 161 cm³/mol. The zero-order valence-corrected chi connectivity index (χ0v) is 22.9. The Bertz CT molecular complexity index is 1230. The minimum absolute atomic E-state index is 0.0793. The molecular weight excluding hydrogens is 469 g/mol. The Balaban J connectivity index is 0.000000163. The first-order chi connectivity index (χ1) is 18.5. The van der Waals surface area contributed by atoms with Gasteiger partial charge in [-0.1, -0.05) is 92.7 Å². The molecule has 200 valence electrons. The van der Waals surface area contributed by atoms with Gasteiger partial charge in [0, 0.05) is 35.9 Å². The number of nitrogens with zero attached hydrogens (tertiary/aromatic N) is 1. The monoisotopic (exact) mass is 511 g/mol. The van der Waals surface area contributed by atoms with Crippen molar-refractivity contribution < 1.29 is 4.39 Å². The molecule has 0 bridgehead atoms. The van der Waals surface area contributed by atoms with Crippen molar-refractivity contribution in [1.29, 1.82) is 0 Å². The third-order valence-corrected chi connectivity index (χ3v) is 6.71. The van der Waals surface area contributed by atoms with E-state index in [0.717, 1.165) is 37.1 Å². The van der Waals surface area contributed by atoms with Gasteiger partial charge in [0.25, 0.3) is 0 Å². The van der Waals surface area contributed by atoms with E-state index in [9.17, 15) is 4.39 Å². The number of fused-ring (bicyclic) bond motifs is 1. The molecule has 0 aliphatic carbocycles. The van der Waals surface area contributed by atoms with Gasteiger partial charge in [-0.15, -0.1) is 6.58 Å². The van der Waals surface area contributed by atoms with Crippen molar-refractivity contribution in [2.45, 2.75) is 51.6 Å². The molecule has 4 heteroatoms. The number of nitrogens with one attached hydrogen (secondary N) is 2. The molecule has 2 N–H and O–H groups in total. The lowest BCUT2D eigenvalue weighted by atomic mass is 10.1. The Morgan fingerprint density at radius 1 is 1.05 bits per heavy atom. The maximum atomic E-state index is 12.8. The van der Waals surface area contributed by atoms with Crippen LogP contribution in [0.4, 0.5) is 4.39 Å². The van der Waals surface area contributed by atoms with Crippen LogP contribution in [0, 0.1) is 5.82 Å². The SMILES string of the molecule is C=C(NCc1ccccc1)C1CCCN1C.C=CCc1cc2ccccc2[nH]1.CCCc1ccccc1F. The number of likely N-dealkylation sites (tertiary alicyclic amines) is 1. The van der Waals surface area contributed by atoms with Gasteiger partial charge in [0.15, 0.2) is 0 Å². The lowest BCUT2D eigenvalue weighted by Crippen LogP contribution is -2.32. The van der Waals surface area contributed by atoms with Crippen molar-refractivity contribution in [3.63, 3.8) is 0 Å². The van der Waals surface area contributed by atoms with Gasteiger partial charge in [0.1, 0.15) is 5.82 Å². The van der Waals surface area contributed by atoms with Crippen LogP contribution in [0.5, 0.6) is 0 Å². The van der Waals surface area contributed by atoms with Gasteiger partial charge in [0.05, 0.1) is 0 Å². The van der Waals surface area contributed by atoms with Gasteiger partial charge < -0.3 is 10.3 Å². The van der Waals surface area contributed by atoms with E-state index in [1.165, 1.54) is 47.6 Å². The summed E-state index contributed by atoms with van der Waals surface area (Å²) >= 11 is 0. The number of para-hydroxylation sites is 1. The normalized spacial score (nSPS) is 14.7. The number of halogens is 1. The number of hydrogen-bond acceptors (Lipinski definition) is 2. The van der Waals surface area contributed by atoms with Crippen LogP contribution in [0.1, 0.15) is 43.0 Å². The van der Waals surface area contributed by atoms with Gasteiger partial charge in [-0.05, 0) is 67.6 Å². The van der Waals surface area contributed by atoms with Gasteiger partial charge in [-0.2, -0.15) is 0 Å². The number of aromatic amines is 1. The lowest BCUT2D eigenvalue weighted by Gasteiger charge is -2.22. The molecule has 3 nitrogen and oxygen atoms in total. The van der Waals surface area contributed by atoms with Gasteiger partial charge in [-0.3, -0.25) is 4.90 Å². The fourth-order valence-corrected chi connectivity index (χ4v) is 4.65. The second kappa shape index (κ2) is 15.6. The summed E-state index contributed by atoms with van der Waals surface area (Å²) in [6.45, 7) is 12.0. The van der Waals surface area contributed by atoms with E-state index in [4.69, 9.17) is 0 Å². The molecule has 1 atom stereocenters. The minimum Gasteiger partial charge on any atom is -0.383 e. The summed E-state index contributed by atoms with van der Waals surface area (Å²) in [4.78, 5) is 5.70. The summed E-state index contributed by atoms with van der Waals surface area (Å²) in [7, 11) is 2.17. The second-order valence-corrected chi connectivity index (χ2v) is 9.72. The molecule has 1 unspecified atom stereocenters. The molecule has 1 aromatic heterocycles. The highest BCUT2D eigenvalue weighted by atomic mass is 19.1. The summed E-state index contributed by atoms with van der Waals surface area (Å²) in [5, 5.41) is 4.71. The van der Waals surface area contributed by atoms with Crippen molar-refractivity contribution in [3.05, 3.63) is 132 Å². The fourth-order valence-electron chi connectivity index (χ4n) is 4.65. The number of hydrogen-bond donors (Lipinski definition) is 2. The van der Waals surface area contributed by atoms with Crippen molar-refractivity contribution in [2.24, 2.45) is 0 Å². The number of allylic oxidation sites excluding steroid dienone is 1. The Labute approximate surface area is 228 Å². The quantitative estimate of drug-likeness (QED) is 0.234. The maximum absolute atomic E-state index is 12.8. The molecule has 38 heavy (non-hydrogen) atoms. The van der Waals surface area contributed by atoms with E-state index in [2.05, 4.69) is 77.9 Å². The first-order valence-corrected chi connectivity index (χ1v) is 13.6. The summed E-state index contributed by atoms with van der Waals surface area (Å²) in [5.41, 5.74) is 5.72. The molecular formula is C34H42FN3. The highest BCUT2D eigenvalue weighted by Crippen LogP contribution is 2.19. The highest BCUT2D eigenvalue weighted by molar-refractivity contribution is 5.80. The highest BCUT2D eigenvalue weighted by Gasteiger charge is 2.22. The number of aryl methyl sites for hydroxylation is 1. The van der Waals surface area contributed by atoms with Crippen LogP contribution in [0.15, 0.2) is 110 Å². The summed E-state index contributed by atoms with van der Waals surface area (Å²) in [5.74, 6) is -0.0793. The van der Waals surface area contributed by atoms with E-state index in [-0.39, 0.29) is 5.82 Å². The zero-order valence-electron chi connectivity index (χ0n) is 22.9. The molecule has 0 spiro atoms. The van der Waals surface area contributed by atoms with Crippen LogP contribution in [0.3, 0.4) is 0 Å². The molecule has 0 radical (unpaired) electrons. The zero-order chi connectivity index (χ0) is 27.2. The minimum atomic E-state index is -0.0793. The Morgan fingerprint density at radius 2 is 1.76 bits per heavy atom. The van der Waals surface area contributed by atoms with Gasteiger partial charge in [0.2, 0.25) is 0 Å². The van der Waals surface area contributed by atoms with Crippen LogP contribution < -0.4 is 5.32 Å². The Morgan fingerprint density at radius 3 is 2.42 bits per heavy atom. The number of H-pyrrole nitrogens is 1. The molecule has 5 rings (SSSR count). The Kier molecular flexibility index (Phi) is 11.9. The molecule has 2 heterocycles. The number of benzene rings is 3. The largest absolute Gasteiger partial charge is 0.383 e. The van der Waals surface area contributed by atoms with Crippen LogP contribution in [0.25, 0.3) is 10.9 Å². The van der Waals surface area contributed by atoms with Crippen LogP contribution in [-0.2, 0) is 19.4 Å². The van der Waals surface area contributed by atoms with Crippen molar-refractivity contribution in [1.82, 2.24) is 15.2 Å². The maximum Gasteiger partial charge on any atom is 0.126 e. The molecule has 1 aliphatic rings. The van der Waals surface area contributed by atoms with E-state index in [1.54, 1.807) is 6.07 Å². The average molecular weight is 512 g/mol. The van der Waals surface area contributed by atoms with Gasteiger partial charge in [-0.25, -0.2) is 4.39 Å². The topological polar surface area (TPSA) is 31.1 Å². The first kappa shape index (κ1) is 28.9. The summed E-state index contributed by atoms with van der Waals surface area (Å²) in [6, 6.07) is 28.3. The lowest BCUT2D eigenvalue weighted by molar-refractivity contribution is 0.334. The molecule has 0 amide bonds. The van der Waals surface area contributed by atoms with Crippen molar-refractivity contribution in [3.8, 4) is 0 Å². The third-order valence-electron chi connectivity index (χ3n) is 6.71. The van der Waals surface area contributed by atoms with Crippen LogP contribution in [-0.4, -0.2) is 29.5 Å². The molecule has 1 fully saturated rings. The van der Waals surface area contributed by atoms with E-state index in [1.807, 2.05) is 43.3 Å². The average Bonchev–Trinajstić information content (AvgIpc) is 3.56.